The largest absolute Gasteiger partial charge is 0.497 e. The van der Waals surface area contributed by atoms with Gasteiger partial charge in [0, 0.05) is 18.2 Å². The van der Waals surface area contributed by atoms with Crippen molar-refractivity contribution in [2.75, 3.05) is 7.11 Å². The molecule has 4 rings (SSSR count). The van der Waals surface area contributed by atoms with E-state index in [0.717, 1.165) is 42.2 Å². The topological polar surface area (TPSA) is 47.6 Å². The quantitative estimate of drug-likeness (QED) is 0.793. The van der Waals surface area contributed by atoms with E-state index < -0.39 is 5.72 Å². The molecule has 4 heteroatoms. The van der Waals surface area contributed by atoms with Gasteiger partial charge < -0.3 is 14.8 Å². The summed E-state index contributed by atoms with van der Waals surface area (Å²) < 4.78 is 11.9. The number of nitrogens with one attached hydrogen (secondary N) is 1. The van der Waals surface area contributed by atoms with Gasteiger partial charge in [-0.25, -0.2) is 0 Å². The summed E-state index contributed by atoms with van der Waals surface area (Å²) in [5.74, 6) is 2.08. The Morgan fingerprint density at radius 2 is 1.85 bits per heavy atom. The zero-order chi connectivity index (χ0) is 18.5. The summed E-state index contributed by atoms with van der Waals surface area (Å²) >= 11 is 0. The molecule has 1 N–H and O–H groups in total. The maximum absolute atomic E-state index is 12.8. The van der Waals surface area contributed by atoms with Crippen molar-refractivity contribution in [3.8, 4) is 11.5 Å². The number of carbonyl (C=O) groups excluding carboxylic acids is 1. The standard InChI is InChI=1S/C22H27NO3/c1-21(2,3)15-9-11-22(12-10-15)23-20(24)17-8-6-14-5-7-16(25-4)13-18(14)19(17)26-22/h5-8,13,15H,9-12H2,1-4H3,(H,23,24). The first kappa shape index (κ1) is 17.2. The van der Waals surface area contributed by atoms with Crippen LogP contribution in [-0.4, -0.2) is 18.7 Å². The molecule has 0 aromatic heterocycles. The maximum Gasteiger partial charge on any atom is 0.258 e. The molecule has 0 unspecified atom stereocenters. The number of benzene rings is 2. The van der Waals surface area contributed by atoms with Gasteiger partial charge in [0.05, 0.1) is 12.7 Å². The first-order chi connectivity index (χ1) is 12.3. The summed E-state index contributed by atoms with van der Waals surface area (Å²) in [4.78, 5) is 12.8. The van der Waals surface area contributed by atoms with Crippen molar-refractivity contribution in [1.29, 1.82) is 0 Å². The molecule has 1 heterocycles. The molecule has 0 bridgehead atoms. The molecule has 0 saturated heterocycles. The number of fused-ring (bicyclic) bond motifs is 3. The Morgan fingerprint density at radius 3 is 2.50 bits per heavy atom. The van der Waals surface area contributed by atoms with E-state index in [0.29, 0.717) is 17.2 Å². The molecule has 1 aliphatic carbocycles. The molecule has 1 saturated carbocycles. The summed E-state index contributed by atoms with van der Waals surface area (Å²) in [7, 11) is 1.65. The molecule has 26 heavy (non-hydrogen) atoms. The zero-order valence-corrected chi connectivity index (χ0v) is 16.0. The summed E-state index contributed by atoms with van der Waals surface area (Å²) in [6.45, 7) is 6.89. The smallest absolute Gasteiger partial charge is 0.258 e. The van der Waals surface area contributed by atoms with Gasteiger partial charge in [0.25, 0.3) is 5.91 Å². The Bertz CT molecular complexity index is 858. The SMILES string of the molecule is COc1ccc2ccc3c(c2c1)OC1(CCC(C(C)(C)C)CC1)NC3=O. The van der Waals surface area contributed by atoms with Crippen LogP contribution in [0.4, 0.5) is 0 Å². The number of hydrogen-bond donors (Lipinski definition) is 1. The van der Waals surface area contributed by atoms with Gasteiger partial charge in [-0.1, -0.05) is 32.9 Å². The van der Waals surface area contributed by atoms with Gasteiger partial charge in [0.1, 0.15) is 11.5 Å². The number of carbonyl (C=O) groups is 1. The highest BCUT2D eigenvalue weighted by Crippen LogP contribution is 2.45. The summed E-state index contributed by atoms with van der Waals surface area (Å²) in [5, 5.41) is 5.15. The van der Waals surface area contributed by atoms with E-state index in [-0.39, 0.29) is 11.3 Å². The van der Waals surface area contributed by atoms with Gasteiger partial charge in [-0.2, -0.15) is 0 Å². The fourth-order valence-electron chi connectivity index (χ4n) is 4.36. The molecule has 1 amide bonds. The Hall–Kier alpha value is -2.23. The number of ether oxygens (including phenoxy) is 2. The minimum absolute atomic E-state index is 0.0369. The van der Waals surface area contributed by atoms with Crippen molar-refractivity contribution in [2.45, 2.75) is 52.2 Å². The molecule has 0 atom stereocenters. The maximum atomic E-state index is 12.8. The van der Waals surface area contributed by atoms with Crippen LogP contribution in [0.15, 0.2) is 30.3 Å². The van der Waals surface area contributed by atoms with Crippen LogP contribution in [-0.2, 0) is 0 Å². The first-order valence-corrected chi connectivity index (χ1v) is 9.44. The van der Waals surface area contributed by atoms with Crippen molar-refractivity contribution >= 4 is 16.7 Å². The monoisotopic (exact) mass is 353 g/mol. The minimum atomic E-state index is -0.580. The molecule has 2 aromatic rings. The molecule has 138 valence electrons. The van der Waals surface area contributed by atoms with Gasteiger partial charge >= 0.3 is 0 Å². The predicted octanol–water partition coefficient (Wildman–Crippen LogP) is 4.90. The zero-order valence-electron chi connectivity index (χ0n) is 16.0. The third-order valence-electron chi connectivity index (χ3n) is 6.08. The molecule has 0 radical (unpaired) electrons. The first-order valence-electron chi connectivity index (χ1n) is 9.44. The third kappa shape index (κ3) is 2.81. The van der Waals surface area contributed by atoms with E-state index >= 15 is 0 Å². The fraction of sp³-hybridized carbons (Fsp3) is 0.500. The Balaban J connectivity index is 1.72. The molecular formula is C22H27NO3. The summed E-state index contributed by atoms with van der Waals surface area (Å²) in [6, 6.07) is 9.72. The van der Waals surface area contributed by atoms with Crippen LogP contribution in [0, 0.1) is 11.3 Å². The number of amides is 1. The molecule has 1 aliphatic heterocycles. The van der Waals surface area contributed by atoms with Crippen molar-refractivity contribution < 1.29 is 14.3 Å². The van der Waals surface area contributed by atoms with Crippen molar-refractivity contribution in [3.63, 3.8) is 0 Å². The van der Waals surface area contributed by atoms with Crippen LogP contribution < -0.4 is 14.8 Å². The lowest BCUT2D eigenvalue weighted by Crippen LogP contribution is -2.58. The second-order valence-corrected chi connectivity index (χ2v) is 8.72. The van der Waals surface area contributed by atoms with Gasteiger partial charge in [-0.3, -0.25) is 4.79 Å². The van der Waals surface area contributed by atoms with Crippen LogP contribution >= 0.6 is 0 Å². The Labute approximate surface area is 154 Å². The van der Waals surface area contributed by atoms with E-state index in [4.69, 9.17) is 9.47 Å². The van der Waals surface area contributed by atoms with Crippen LogP contribution in [0.2, 0.25) is 0 Å². The van der Waals surface area contributed by atoms with Crippen molar-refractivity contribution in [3.05, 3.63) is 35.9 Å². The molecule has 4 nitrogen and oxygen atoms in total. The van der Waals surface area contributed by atoms with E-state index in [1.807, 2.05) is 30.3 Å². The minimum Gasteiger partial charge on any atom is -0.497 e. The third-order valence-corrected chi connectivity index (χ3v) is 6.08. The second kappa shape index (κ2) is 5.90. The van der Waals surface area contributed by atoms with E-state index in [9.17, 15) is 4.79 Å². The second-order valence-electron chi connectivity index (χ2n) is 8.72. The Morgan fingerprint density at radius 1 is 1.15 bits per heavy atom. The lowest BCUT2D eigenvalue weighted by molar-refractivity contribution is -0.0310. The highest BCUT2D eigenvalue weighted by molar-refractivity contribution is 6.05. The summed E-state index contributed by atoms with van der Waals surface area (Å²) in [6.07, 6.45) is 3.82. The summed E-state index contributed by atoms with van der Waals surface area (Å²) in [5.41, 5.74) is 0.316. The molecular weight excluding hydrogens is 326 g/mol. The lowest BCUT2D eigenvalue weighted by Gasteiger charge is -2.46. The van der Waals surface area contributed by atoms with Crippen LogP contribution in [0.1, 0.15) is 56.8 Å². The number of rotatable bonds is 1. The normalized spacial score (nSPS) is 25.5. The highest BCUT2D eigenvalue weighted by atomic mass is 16.5. The van der Waals surface area contributed by atoms with Crippen LogP contribution in [0.3, 0.4) is 0 Å². The number of hydrogen-bond acceptors (Lipinski definition) is 3. The number of methoxy groups -OCH3 is 1. The van der Waals surface area contributed by atoms with E-state index in [2.05, 4.69) is 26.1 Å². The van der Waals surface area contributed by atoms with E-state index in [1.165, 1.54) is 0 Å². The van der Waals surface area contributed by atoms with Gasteiger partial charge in [-0.15, -0.1) is 0 Å². The van der Waals surface area contributed by atoms with E-state index in [1.54, 1.807) is 7.11 Å². The molecule has 1 fully saturated rings. The molecule has 2 aromatic carbocycles. The van der Waals surface area contributed by atoms with Crippen LogP contribution in [0.5, 0.6) is 11.5 Å². The Kier molecular flexibility index (Phi) is 3.90. The van der Waals surface area contributed by atoms with Gasteiger partial charge in [0.2, 0.25) is 0 Å². The highest BCUT2D eigenvalue weighted by Gasteiger charge is 2.45. The lowest BCUT2D eigenvalue weighted by atomic mass is 9.70. The predicted molar refractivity (Wildman–Crippen MR) is 103 cm³/mol. The molecule has 2 aliphatic rings. The molecule has 1 spiro atoms. The fourth-order valence-corrected chi connectivity index (χ4v) is 4.36. The average molecular weight is 353 g/mol. The van der Waals surface area contributed by atoms with Gasteiger partial charge in [0.15, 0.2) is 5.72 Å². The van der Waals surface area contributed by atoms with Crippen LogP contribution in [0.25, 0.3) is 10.8 Å². The van der Waals surface area contributed by atoms with Crippen molar-refractivity contribution in [1.82, 2.24) is 5.32 Å². The average Bonchev–Trinajstić information content (AvgIpc) is 2.60. The van der Waals surface area contributed by atoms with Gasteiger partial charge in [-0.05, 0) is 47.8 Å². The van der Waals surface area contributed by atoms with Crippen molar-refractivity contribution in [2.24, 2.45) is 11.3 Å².